The fraction of sp³-hybridized carbons (Fsp3) is 0.400. The van der Waals surface area contributed by atoms with Crippen molar-refractivity contribution in [3.63, 3.8) is 0 Å². The molecular weight excluding hydrogens is 304 g/mol. The molecule has 6 nitrogen and oxygen atoms in total. The summed E-state index contributed by atoms with van der Waals surface area (Å²) in [6, 6.07) is 6.23. The predicted octanol–water partition coefficient (Wildman–Crippen LogP) is 0.885. The summed E-state index contributed by atoms with van der Waals surface area (Å²) in [7, 11) is -3.47. The normalized spacial score (nSPS) is 13.2. The van der Waals surface area contributed by atoms with Gasteiger partial charge in [0.25, 0.3) is 0 Å². The van der Waals surface area contributed by atoms with Gasteiger partial charge in [0.15, 0.2) is 0 Å². The molecule has 0 aromatic heterocycles. The van der Waals surface area contributed by atoms with Crippen LogP contribution in [0.25, 0.3) is 6.08 Å². The van der Waals surface area contributed by atoms with E-state index in [-0.39, 0.29) is 17.3 Å². The molecular formula is C15H22N2O4S. The fourth-order valence-corrected chi connectivity index (χ4v) is 2.69. The topological polar surface area (TPSA) is 95.5 Å². The highest BCUT2D eigenvalue weighted by atomic mass is 32.2. The first-order valence-electron chi connectivity index (χ1n) is 7.09. The van der Waals surface area contributed by atoms with Crippen LogP contribution in [0.3, 0.4) is 0 Å². The van der Waals surface area contributed by atoms with E-state index >= 15 is 0 Å². The number of rotatable bonds is 8. The quantitative estimate of drug-likeness (QED) is 0.618. The van der Waals surface area contributed by atoms with Crippen LogP contribution >= 0.6 is 0 Å². The van der Waals surface area contributed by atoms with Crippen LogP contribution in [0, 0.1) is 0 Å². The lowest BCUT2D eigenvalue weighted by atomic mass is 10.2. The lowest BCUT2D eigenvalue weighted by molar-refractivity contribution is -0.116. The maximum absolute atomic E-state index is 11.9. The molecule has 1 amide bonds. The van der Waals surface area contributed by atoms with Gasteiger partial charge in [-0.25, -0.2) is 13.1 Å². The van der Waals surface area contributed by atoms with E-state index < -0.39 is 16.1 Å². The van der Waals surface area contributed by atoms with Crippen molar-refractivity contribution >= 4 is 22.0 Å². The summed E-state index contributed by atoms with van der Waals surface area (Å²) >= 11 is 0. The molecule has 0 aliphatic carbocycles. The zero-order chi connectivity index (χ0) is 16.6. The molecule has 0 heterocycles. The summed E-state index contributed by atoms with van der Waals surface area (Å²) in [5.41, 5.74) is 0.710. The second kappa shape index (κ2) is 8.67. The van der Waals surface area contributed by atoms with Crippen LogP contribution in [0.4, 0.5) is 0 Å². The van der Waals surface area contributed by atoms with E-state index in [0.717, 1.165) is 6.42 Å². The molecule has 3 N–H and O–H groups in total. The largest absolute Gasteiger partial charge is 0.392 e. The lowest BCUT2D eigenvalue weighted by Crippen LogP contribution is -2.28. The number of amides is 1. The molecule has 0 aliphatic rings. The van der Waals surface area contributed by atoms with E-state index in [0.29, 0.717) is 12.1 Å². The van der Waals surface area contributed by atoms with E-state index in [9.17, 15) is 13.2 Å². The van der Waals surface area contributed by atoms with Crippen molar-refractivity contribution < 1.29 is 18.3 Å². The molecule has 0 fully saturated rings. The fourth-order valence-electron chi connectivity index (χ4n) is 1.56. The monoisotopic (exact) mass is 326 g/mol. The molecule has 1 aromatic rings. The SMILES string of the molecule is CCCNS(=O)(=O)c1ccc(/C=C/C(=O)NCC(C)O)cc1. The first kappa shape index (κ1) is 18.3. The van der Waals surface area contributed by atoms with Crippen LogP contribution < -0.4 is 10.0 Å². The molecule has 1 rings (SSSR count). The number of carbonyl (C=O) groups excluding carboxylic acids is 1. The maximum Gasteiger partial charge on any atom is 0.244 e. The zero-order valence-corrected chi connectivity index (χ0v) is 13.6. The summed E-state index contributed by atoms with van der Waals surface area (Å²) < 4.78 is 26.3. The Hall–Kier alpha value is -1.70. The van der Waals surface area contributed by atoms with E-state index in [2.05, 4.69) is 10.0 Å². The van der Waals surface area contributed by atoms with Crippen LogP contribution in [-0.4, -0.2) is 38.6 Å². The third kappa shape index (κ3) is 6.38. The Morgan fingerprint density at radius 3 is 2.50 bits per heavy atom. The Balaban J connectivity index is 2.67. The van der Waals surface area contributed by atoms with Crippen molar-refractivity contribution in [3.05, 3.63) is 35.9 Å². The number of aliphatic hydroxyl groups excluding tert-OH is 1. The molecule has 0 bridgehead atoms. The third-order valence-corrected chi connectivity index (χ3v) is 4.21. The van der Waals surface area contributed by atoms with Gasteiger partial charge in [-0.2, -0.15) is 0 Å². The van der Waals surface area contributed by atoms with Gasteiger partial charge in [-0.05, 0) is 37.1 Å². The second-order valence-electron chi connectivity index (χ2n) is 4.89. The summed E-state index contributed by atoms with van der Waals surface area (Å²) in [6.45, 7) is 4.05. The Kier molecular flexibility index (Phi) is 7.23. The van der Waals surface area contributed by atoms with Gasteiger partial charge >= 0.3 is 0 Å². The summed E-state index contributed by atoms with van der Waals surface area (Å²) in [6.07, 6.45) is 3.04. The molecule has 0 saturated heterocycles. The van der Waals surface area contributed by atoms with Gasteiger partial charge in [0.1, 0.15) is 0 Å². The molecule has 1 aromatic carbocycles. The predicted molar refractivity (Wildman–Crippen MR) is 85.6 cm³/mol. The number of aliphatic hydroxyl groups is 1. The van der Waals surface area contributed by atoms with Crippen LogP contribution in [0.1, 0.15) is 25.8 Å². The first-order chi connectivity index (χ1) is 10.3. The van der Waals surface area contributed by atoms with Gasteiger partial charge in [0.2, 0.25) is 15.9 Å². The lowest BCUT2D eigenvalue weighted by Gasteiger charge is -2.06. The van der Waals surface area contributed by atoms with Gasteiger partial charge in [-0.15, -0.1) is 0 Å². The summed E-state index contributed by atoms with van der Waals surface area (Å²) in [5, 5.41) is 11.6. The average molecular weight is 326 g/mol. The van der Waals surface area contributed by atoms with Gasteiger partial charge in [-0.3, -0.25) is 4.79 Å². The van der Waals surface area contributed by atoms with Crippen LogP contribution in [0.2, 0.25) is 0 Å². The van der Waals surface area contributed by atoms with Crippen molar-refractivity contribution in [2.75, 3.05) is 13.1 Å². The Bertz CT molecular complexity index is 607. The molecule has 1 atom stereocenters. The molecule has 0 radical (unpaired) electrons. The highest BCUT2D eigenvalue weighted by molar-refractivity contribution is 7.89. The number of benzene rings is 1. The molecule has 0 saturated carbocycles. The van der Waals surface area contributed by atoms with Gasteiger partial charge in [0, 0.05) is 19.2 Å². The Morgan fingerprint density at radius 1 is 1.32 bits per heavy atom. The summed E-state index contributed by atoms with van der Waals surface area (Å²) in [5.74, 6) is -0.317. The number of hydrogen-bond donors (Lipinski definition) is 3. The number of sulfonamides is 1. The molecule has 1 unspecified atom stereocenters. The minimum absolute atomic E-state index is 0.184. The van der Waals surface area contributed by atoms with Crippen LogP contribution in [0.15, 0.2) is 35.2 Å². The Morgan fingerprint density at radius 2 is 1.95 bits per heavy atom. The highest BCUT2D eigenvalue weighted by Crippen LogP contribution is 2.11. The van der Waals surface area contributed by atoms with Gasteiger partial charge < -0.3 is 10.4 Å². The molecule has 22 heavy (non-hydrogen) atoms. The van der Waals surface area contributed by atoms with Crippen LogP contribution in [0.5, 0.6) is 0 Å². The van der Waals surface area contributed by atoms with Crippen molar-refractivity contribution in [1.29, 1.82) is 0 Å². The standard InChI is InChI=1S/C15H22N2O4S/c1-3-10-17-22(20,21)14-7-4-13(5-8-14)6-9-15(19)16-11-12(2)18/h4-9,12,17-18H,3,10-11H2,1-2H3,(H,16,19)/b9-6+. The maximum atomic E-state index is 11.9. The van der Waals surface area contributed by atoms with Crippen molar-refractivity contribution in [2.24, 2.45) is 0 Å². The van der Waals surface area contributed by atoms with Gasteiger partial charge in [-0.1, -0.05) is 19.1 Å². The van der Waals surface area contributed by atoms with Crippen molar-refractivity contribution in [3.8, 4) is 0 Å². The second-order valence-corrected chi connectivity index (χ2v) is 6.66. The molecule has 7 heteroatoms. The zero-order valence-electron chi connectivity index (χ0n) is 12.7. The number of nitrogens with one attached hydrogen (secondary N) is 2. The van der Waals surface area contributed by atoms with Crippen LogP contribution in [-0.2, 0) is 14.8 Å². The smallest absolute Gasteiger partial charge is 0.244 e. The average Bonchev–Trinajstić information content (AvgIpc) is 2.49. The Labute approximate surface area is 131 Å². The van der Waals surface area contributed by atoms with E-state index in [1.807, 2.05) is 6.92 Å². The minimum Gasteiger partial charge on any atom is -0.392 e. The van der Waals surface area contributed by atoms with E-state index in [1.165, 1.54) is 18.2 Å². The summed E-state index contributed by atoms with van der Waals surface area (Å²) in [4.78, 5) is 11.6. The first-order valence-corrected chi connectivity index (χ1v) is 8.57. The van der Waals surface area contributed by atoms with Crippen molar-refractivity contribution in [1.82, 2.24) is 10.0 Å². The highest BCUT2D eigenvalue weighted by Gasteiger charge is 2.11. The third-order valence-electron chi connectivity index (χ3n) is 2.73. The molecule has 0 aliphatic heterocycles. The van der Waals surface area contributed by atoms with Crippen molar-refractivity contribution in [2.45, 2.75) is 31.3 Å². The number of hydrogen-bond acceptors (Lipinski definition) is 4. The van der Waals surface area contributed by atoms with E-state index in [1.54, 1.807) is 25.1 Å². The number of carbonyl (C=O) groups is 1. The molecule has 0 spiro atoms. The van der Waals surface area contributed by atoms with Gasteiger partial charge in [0.05, 0.1) is 11.0 Å². The minimum atomic E-state index is -3.47. The molecule has 122 valence electrons. The van der Waals surface area contributed by atoms with E-state index in [4.69, 9.17) is 5.11 Å².